The number of nitrogens with zero attached hydrogens (tertiary/aromatic N) is 1. The predicted molar refractivity (Wildman–Crippen MR) is 80.5 cm³/mol. The Labute approximate surface area is 121 Å². The van der Waals surface area contributed by atoms with Crippen molar-refractivity contribution in [2.45, 2.75) is 6.92 Å². The zero-order valence-electron chi connectivity index (χ0n) is 11.4. The van der Waals surface area contributed by atoms with Gasteiger partial charge in [0.15, 0.2) is 5.78 Å². The Hall–Kier alpha value is -2.95. The van der Waals surface area contributed by atoms with Gasteiger partial charge in [0.2, 0.25) is 0 Å². The number of carbonyl (C=O) groups is 2. The quantitative estimate of drug-likeness (QED) is 0.724. The highest BCUT2D eigenvalue weighted by atomic mass is 16.1. The molecule has 0 saturated carbocycles. The number of fused-ring (bicyclic) bond motifs is 1. The number of anilines is 1. The minimum atomic E-state index is -0.211. The Bertz CT molecular complexity index is 819. The number of hydrogen-bond donors (Lipinski definition) is 2. The van der Waals surface area contributed by atoms with Crippen LogP contribution in [0.3, 0.4) is 0 Å². The van der Waals surface area contributed by atoms with Crippen LogP contribution >= 0.6 is 0 Å². The van der Waals surface area contributed by atoms with E-state index in [1.165, 1.54) is 6.92 Å². The first kappa shape index (κ1) is 13.1. The molecular formula is C16H13N3O2. The maximum atomic E-state index is 12.3. The largest absolute Gasteiger partial charge is 0.322 e. The summed E-state index contributed by atoms with van der Waals surface area (Å²) in [5.41, 5.74) is 2.63. The highest BCUT2D eigenvalue weighted by Crippen LogP contribution is 2.18. The van der Waals surface area contributed by atoms with Gasteiger partial charge in [-0.05, 0) is 43.3 Å². The number of hydrogen-bond acceptors (Lipinski definition) is 3. The van der Waals surface area contributed by atoms with Gasteiger partial charge >= 0.3 is 0 Å². The summed E-state index contributed by atoms with van der Waals surface area (Å²) in [6.07, 6.45) is 1.63. The van der Waals surface area contributed by atoms with Gasteiger partial charge in [-0.25, -0.2) is 0 Å². The molecule has 2 aromatic carbocycles. The molecule has 0 bridgehead atoms. The van der Waals surface area contributed by atoms with E-state index in [1.807, 2.05) is 6.07 Å². The minimum Gasteiger partial charge on any atom is -0.322 e. The molecule has 1 aromatic heterocycles. The van der Waals surface area contributed by atoms with Gasteiger partial charge in [0.05, 0.1) is 17.3 Å². The summed E-state index contributed by atoms with van der Waals surface area (Å²) in [7, 11) is 0. The van der Waals surface area contributed by atoms with Crippen molar-refractivity contribution in [3.63, 3.8) is 0 Å². The molecule has 0 radical (unpaired) electrons. The Morgan fingerprint density at radius 3 is 2.57 bits per heavy atom. The fourth-order valence-corrected chi connectivity index (χ4v) is 2.15. The standard InChI is InChI=1S/C16H13N3O2/c1-10(20)11-5-7-12(8-6-11)18-16(21)13-3-2-4-15-14(13)9-17-19-15/h2-9H,1H3,(H,17,19)(H,18,21). The molecule has 21 heavy (non-hydrogen) atoms. The van der Waals surface area contributed by atoms with Crippen molar-refractivity contribution in [2.24, 2.45) is 0 Å². The summed E-state index contributed by atoms with van der Waals surface area (Å²) in [6.45, 7) is 1.51. The Balaban J connectivity index is 1.86. The summed E-state index contributed by atoms with van der Waals surface area (Å²) < 4.78 is 0. The van der Waals surface area contributed by atoms with E-state index < -0.39 is 0 Å². The normalized spacial score (nSPS) is 10.5. The van der Waals surface area contributed by atoms with Crippen LogP contribution in [0.1, 0.15) is 27.6 Å². The van der Waals surface area contributed by atoms with Crippen LogP contribution in [-0.4, -0.2) is 21.9 Å². The van der Waals surface area contributed by atoms with Crippen molar-refractivity contribution in [1.82, 2.24) is 10.2 Å². The number of rotatable bonds is 3. The number of Topliss-reactive ketones (excluding diaryl/α,β-unsaturated/α-hetero) is 1. The molecule has 0 fully saturated rings. The van der Waals surface area contributed by atoms with Gasteiger partial charge < -0.3 is 5.32 Å². The van der Waals surface area contributed by atoms with Crippen LogP contribution in [-0.2, 0) is 0 Å². The molecule has 3 aromatic rings. The van der Waals surface area contributed by atoms with Crippen LogP contribution in [0.2, 0.25) is 0 Å². The lowest BCUT2D eigenvalue weighted by Crippen LogP contribution is -2.12. The average molecular weight is 279 g/mol. The third-order valence-electron chi connectivity index (χ3n) is 3.28. The van der Waals surface area contributed by atoms with Crippen LogP contribution in [0.4, 0.5) is 5.69 Å². The Morgan fingerprint density at radius 1 is 1.10 bits per heavy atom. The second-order valence-electron chi connectivity index (χ2n) is 4.72. The average Bonchev–Trinajstić information content (AvgIpc) is 2.96. The third kappa shape index (κ3) is 2.53. The van der Waals surface area contributed by atoms with Gasteiger partial charge in [-0.15, -0.1) is 0 Å². The van der Waals surface area contributed by atoms with Crippen molar-refractivity contribution in [1.29, 1.82) is 0 Å². The van der Waals surface area contributed by atoms with Gasteiger partial charge in [0, 0.05) is 16.6 Å². The maximum Gasteiger partial charge on any atom is 0.256 e. The van der Waals surface area contributed by atoms with E-state index >= 15 is 0 Å². The molecule has 1 heterocycles. The van der Waals surface area contributed by atoms with E-state index in [0.717, 1.165) is 10.9 Å². The van der Waals surface area contributed by atoms with E-state index in [2.05, 4.69) is 15.5 Å². The first-order chi connectivity index (χ1) is 10.1. The highest BCUT2D eigenvalue weighted by molar-refractivity contribution is 6.12. The predicted octanol–water partition coefficient (Wildman–Crippen LogP) is 3.02. The summed E-state index contributed by atoms with van der Waals surface area (Å²) in [4.78, 5) is 23.5. The summed E-state index contributed by atoms with van der Waals surface area (Å²) in [6, 6.07) is 12.2. The molecule has 5 heteroatoms. The van der Waals surface area contributed by atoms with Crippen LogP contribution in [0, 0.1) is 0 Å². The van der Waals surface area contributed by atoms with Gasteiger partial charge in [-0.1, -0.05) is 6.07 Å². The van der Waals surface area contributed by atoms with Crippen molar-refractivity contribution in [3.8, 4) is 0 Å². The third-order valence-corrected chi connectivity index (χ3v) is 3.28. The number of benzene rings is 2. The lowest BCUT2D eigenvalue weighted by molar-refractivity contribution is 0.101. The number of amides is 1. The second kappa shape index (κ2) is 5.20. The molecule has 1 amide bonds. The lowest BCUT2D eigenvalue weighted by atomic mass is 10.1. The molecule has 0 aliphatic carbocycles. The first-order valence-corrected chi connectivity index (χ1v) is 6.49. The molecule has 5 nitrogen and oxygen atoms in total. The van der Waals surface area contributed by atoms with Crippen LogP contribution in [0.15, 0.2) is 48.7 Å². The molecule has 0 aliphatic rings. The van der Waals surface area contributed by atoms with Gasteiger partial charge in [0.25, 0.3) is 5.91 Å². The number of nitrogens with one attached hydrogen (secondary N) is 2. The molecule has 104 valence electrons. The molecule has 0 atom stereocenters. The van der Waals surface area contributed by atoms with E-state index in [9.17, 15) is 9.59 Å². The van der Waals surface area contributed by atoms with Crippen LogP contribution in [0.5, 0.6) is 0 Å². The SMILES string of the molecule is CC(=O)c1ccc(NC(=O)c2cccc3[nH]ncc23)cc1. The minimum absolute atomic E-state index is 0.00367. The number of carbonyl (C=O) groups excluding carboxylic acids is 2. The summed E-state index contributed by atoms with van der Waals surface area (Å²) in [5.74, 6) is -0.214. The summed E-state index contributed by atoms with van der Waals surface area (Å²) >= 11 is 0. The van der Waals surface area contributed by atoms with Crippen molar-refractivity contribution in [3.05, 3.63) is 59.8 Å². The zero-order valence-corrected chi connectivity index (χ0v) is 11.4. The Kier molecular flexibility index (Phi) is 3.23. The van der Waals surface area contributed by atoms with Crippen molar-refractivity contribution in [2.75, 3.05) is 5.32 Å². The molecule has 3 rings (SSSR count). The smallest absolute Gasteiger partial charge is 0.256 e. The van der Waals surface area contributed by atoms with Crippen molar-refractivity contribution < 1.29 is 9.59 Å². The molecule has 0 saturated heterocycles. The maximum absolute atomic E-state index is 12.3. The zero-order chi connectivity index (χ0) is 14.8. The first-order valence-electron chi connectivity index (χ1n) is 6.49. The van der Waals surface area contributed by atoms with E-state index in [-0.39, 0.29) is 11.7 Å². The van der Waals surface area contributed by atoms with Gasteiger partial charge in [0.1, 0.15) is 0 Å². The van der Waals surface area contributed by atoms with Gasteiger partial charge in [-0.3, -0.25) is 14.7 Å². The fraction of sp³-hybridized carbons (Fsp3) is 0.0625. The molecule has 0 spiro atoms. The monoisotopic (exact) mass is 279 g/mol. The van der Waals surface area contributed by atoms with E-state index in [1.54, 1.807) is 42.6 Å². The number of H-pyrrole nitrogens is 1. The summed E-state index contributed by atoms with van der Waals surface area (Å²) in [5, 5.41) is 10.4. The topological polar surface area (TPSA) is 74.8 Å². The number of aromatic nitrogens is 2. The number of aromatic amines is 1. The highest BCUT2D eigenvalue weighted by Gasteiger charge is 2.11. The lowest BCUT2D eigenvalue weighted by Gasteiger charge is -2.06. The second-order valence-corrected chi connectivity index (χ2v) is 4.72. The molecule has 2 N–H and O–H groups in total. The molecule has 0 aliphatic heterocycles. The van der Waals surface area contributed by atoms with Gasteiger partial charge in [-0.2, -0.15) is 5.10 Å². The fourth-order valence-electron chi connectivity index (χ4n) is 2.15. The molecule has 0 unspecified atom stereocenters. The van der Waals surface area contributed by atoms with E-state index in [0.29, 0.717) is 16.8 Å². The van der Waals surface area contributed by atoms with Crippen LogP contribution < -0.4 is 5.32 Å². The van der Waals surface area contributed by atoms with E-state index in [4.69, 9.17) is 0 Å². The molecular weight excluding hydrogens is 266 g/mol. The number of ketones is 1. The van der Waals surface area contributed by atoms with Crippen molar-refractivity contribution >= 4 is 28.3 Å². The van der Waals surface area contributed by atoms with Crippen LogP contribution in [0.25, 0.3) is 10.9 Å². The Morgan fingerprint density at radius 2 is 1.86 bits per heavy atom.